The van der Waals surface area contributed by atoms with E-state index in [9.17, 15) is 9.18 Å². The summed E-state index contributed by atoms with van der Waals surface area (Å²) < 4.78 is 13.0. The molecule has 1 aromatic heterocycles. The number of carbonyl (C=O) groups is 1. The van der Waals surface area contributed by atoms with E-state index in [1.807, 2.05) is 43.3 Å². The maximum atomic E-state index is 13.0. The highest BCUT2D eigenvalue weighted by Crippen LogP contribution is 2.24. The number of amides is 1. The van der Waals surface area contributed by atoms with Crippen molar-refractivity contribution in [2.75, 3.05) is 0 Å². The number of fused-ring (bicyclic) bond motifs is 1. The van der Waals surface area contributed by atoms with Gasteiger partial charge in [-0.2, -0.15) is 0 Å². The number of H-pyrrole nitrogens is 1. The van der Waals surface area contributed by atoms with E-state index in [0.717, 1.165) is 27.3 Å². The number of carbonyl (C=O) groups excluding carboxylic acids is 1. The summed E-state index contributed by atoms with van der Waals surface area (Å²) in [6.07, 6.45) is 0. The van der Waals surface area contributed by atoms with Gasteiger partial charge in [-0.15, -0.1) is 0 Å². The molecule has 29 heavy (non-hydrogen) atoms. The second kappa shape index (κ2) is 8.49. The number of aryl methyl sites for hydroxylation is 1. The van der Waals surface area contributed by atoms with Crippen molar-refractivity contribution in [3.63, 3.8) is 0 Å². The van der Waals surface area contributed by atoms with Crippen LogP contribution in [0.3, 0.4) is 0 Å². The van der Waals surface area contributed by atoms with Crippen LogP contribution >= 0.6 is 11.8 Å². The molecule has 0 fully saturated rings. The Kier molecular flexibility index (Phi) is 5.62. The van der Waals surface area contributed by atoms with Gasteiger partial charge in [-0.25, -0.2) is 9.37 Å². The summed E-state index contributed by atoms with van der Waals surface area (Å²) in [5.41, 5.74) is 5.48. The summed E-state index contributed by atoms with van der Waals surface area (Å²) in [7, 11) is 0. The zero-order chi connectivity index (χ0) is 20.2. The van der Waals surface area contributed by atoms with Crippen LogP contribution in [0.25, 0.3) is 11.0 Å². The van der Waals surface area contributed by atoms with Gasteiger partial charge < -0.3 is 10.3 Å². The second-order valence-corrected chi connectivity index (χ2v) is 7.82. The van der Waals surface area contributed by atoms with E-state index >= 15 is 0 Å². The summed E-state index contributed by atoms with van der Waals surface area (Å²) in [6.45, 7) is 2.52. The molecule has 6 heteroatoms. The normalized spacial score (nSPS) is 11.0. The molecule has 0 aliphatic rings. The van der Waals surface area contributed by atoms with Crippen LogP contribution in [-0.2, 0) is 12.3 Å². The fraction of sp³-hybridized carbons (Fsp3) is 0.130. The standard InChI is InChI=1S/C23H20FN3OS/c1-15-2-4-16(5-3-15)13-25-22(28)18-8-11-20-21(12-18)27-23(26-20)29-14-17-6-9-19(24)10-7-17/h2-12H,13-14H2,1H3,(H,25,28)(H,26,27). The Morgan fingerprint density at radius 2 is 1.76 bits per heavy atom. The van der Waals surface area contributed by atoms with Crippen molar-refractivity contribution < 1.29 is 9.18 Å². The first-order valence-corrected chi connectivity index (χ1v) is 10.3. The first-order valence-electron chi connectivity index (χ1n) is 9.27. The van der Waals surface area contributed by atoms with Crippen molar-refractivity contribution in [1.82, 2.24) is 15.3 Å². The van der Waals surface area contributed by atoms with Gasteiger partial charge in [0.1, 0.15) is 5.82 Å². The molecule has 2 N–H and O–H groups in total. The third-order valence-corrected chi connectivity index (χ3v) is 5.53. The molecular formula is C23H20FN3OS. The van der Waals surface area contributed by atoms with Gasteiger partial charge in [0.15, 0.2) is 5.16 Å². The summed E-state index contributed by atoms with van der Waals surface area (Å²) in [5.74, 6) is 0.322. The molecule has 0 bridgehead atoms. The molecule has 3 aromatic carbocycles. The number of rotatable bonds is 6. The van der Waals surface area contributed by atoms with E-state index in [-0.39, 0.29) is 11.7 Å². The van der Waals surface area contributed by atoms with Crippen molar-refractivity contribution in [3.8, 4) is 0 Å². The maximum absolute atomic E-state index is 13.0. The van der Waals surface area contributed by atoms with Crippen molar-refractivity contribution in [2.45, 2.75) is 24.4 Å². The molecule has 0 aliphatic heterocycles. The SMILES string of the molecule is Cc1ccc(CNC(=O)c2ccc3nc(SCc4ccc(F)cc4)[nH]c3c2)cc1. The average molecular weight is 405 g/mol. The van der Waals surface area contributed by atoms with Gasteiger partial charge in [0.05, 0.1) is 11.0 Å². The van der Waals surface area contributed by atoms with E-state index in [4.69, 9.17) is 0 Å². The molecule has 0 radical (unpaired) electrons. The van der Waals surface area contributed by atoms with Crippen LogP contribution in [0.5, 0.6) is 0 Å². The smallest absolute Gasteiger partial charge is 0.251 e. The summed E-state index contributed by atoms with van der Waals surface area (Å²) in [5, 5.41) is 3.71. The number of thioether (sulfide) groups is 1. The minimum absolute atomic E-state index is 0.123. The molecule has 0 saturated carbocycles. The van der Waals surface area contributed by atoms with Crippen molar-refractivity contribution in [3.05, 3.63) is 94.8 Å². The Balaban J connectivity index is 1.41. The highest BCUT2D eigenvalue weighted by Gasteiger charge is 2.10. The van der Waals surface area contributed by atoms with Crippen LogP contribution in [0.1, 0.15) is 27.0 Å². The van der Waals surface area contributed by atoms with E-state index in [1.165, 1.54) is 29.5 Å². The average Bonchev–Trinajstić information content (AvgIpc) is 3.15. The predicted octanol–water partition coefficient (Wildman–Crippen LogP) is 5.23. The van der Waals surface area contributed by atoms with Crippen molar-refractivity contribution >= 4 is 28.7 Å². The Labute approximate surface area is 172 Å². The van der Waals surface area contributed by atoms with Crippen LogP contribution in [-0.4, -0.2) is 15.9 Å². The number of nitrogens with one attached hydrogen (secondary N) is 2. The zero-order valence-corrected chi connectivity index (χ0v) is 16.7. The fourth-order valence-electron chi connectivity index (χ4n) is 2.92. The molecule has 0 spiro atoms. The quantitative estimate of drug-likeness (QED) is 0.432. The second-order valence-electron chi connectivity index (χ2n) is 6.86. The minimum atomic E-state index is -0.240. The lowest BCUT2D eigenvalue weighted by Crippen LogP contribution is -2.22. The van der Waals surface area contributed by atoms with Gasteiger partial charge in [0.25, 0.3) is 5.91 Å². The van der Waals surface area contributed by atoms with E-state index < -0.39 is 0 Å². The van der Waals surface area contributed by atoms with E-state index in [2.05, 4.69) is 15.3 Å². The number of nitrogens with zero attached hydrogens (tertiary/aromatic N) is 1. The van der Waals surface area contributed by atoms with Crippen molar-refractivity contribution in [2.24, 2.45) is 0 Å². The molecule has 4 aromatic rings. The molecule has 0 unspecified atom stereocenters. The Hall–Kier alpha value is -3.12. The number of aromatic nitrogens is 2. The lowest BCUT2D eigenvalue weighted by molar-refractivity contribution is 0.0951. The largest absolute Gasteiger partial charge is 0.348 e. The molecular weight excluding hydrogens is 385 g/mol. The first-order chi connectivity index (χ1) is 14.1. The topological polar surface area (TPSA) is 57.8 Å². The minimum Gasteiger partial charge on any atom is -0.348 e. The molecule has 1 heterocycles. The number of hydrogen-bond acceptors (Lipinski definition) is 3. The molecule has 4 rings (SSSR count). The lowest BCUT2D eigenvalue weighted by atomic mass is 10.1. The Bertz CT molecular complexity index is 1140. The van der Waals surface area contributed by atoms with Crippen LogP contribution in [0, 0.1) is 12.7 Å². The van der Waals surface area contributed by atoms with Gasteiger partial charge in [0.2, 0.25) is 0 Å². The van der Waals surface area contributed by atoms with Crippen LogP contribution in [0.15, 0.2) is 71.9 Å². The predicted molar refractivity (Wildman–Crippen MR) is 114 cm³/mol. The van der Waals surface area contributed by atoms with Gasteiger partial charge in [-0.3, -0.25) is 4.79 Å². The van der Waals surface area contributed by atoms with Crippen LogP contribution in [0.4, 0.5) is 4.39 Å². The third kappa shape index (κ3) is 4.84. The third-order valence-electron chi connectivity index (χ3n) is 4.58. The number of imidazole rings is 1. The number of halogens is 1. The van der Waals surface area contributed by atoms with E-state index in [1.54, 1.807) is 18.2 Å². The molecule has 0 aliphatic carbocycles. The van der Waals surface area contributed by atoms with E-state index in [0.29, 0.717) is 17.9 Å². The van der Waals surface area contributed by atoms with Gasteiger partial charge >= 0.3 is 0 Å². The summed E-state index contributed by atoms with van der Waals surface area (Å²) in [4.78, 5) is 20.3. The number of benzene rings is 3. The first kappa shape index (κ1) is 19.2. The molecule has 146 valence electrons. The lowest BCUT2D eigenvalue weighted by Gasteiger charge is -2.06. The highest BCUT2D eigenvalue weighted by molar-refractivity contribution is 7.98. The van der Waals surface area contributed by atoms with Gasteiger partial charge in [0, 0.05) is 17.9 Å². The molecule has 0 saturated heterocycles. The molecule has 0 atom stereocenters. The summed E-state index contributed by atoms with van der Waals surface area (Å²) in [6, 6.07) is 20.0. The van der Waals surface area contributed by atoms with Crippen LogP contribution in [0.2, 0.25) is 0 Å². The fourth-order valence-corrected chi connectivity index (χ4v) is 3.76. The Morgan fingerprint density at radius 3 is 2.52 bits per heavy atom. The monoisotopic (exact) mass is 405 g/mol. The van der Waals surface area contributed by atoms with Gasteiger partial charge in [-0.1, -0.05) is 53.7 Å². The Morgan fingerprint density at radius 1 is 1.03 bits per heavy atom. The highest BCUT2D eigenvalue weighted by atomic mass is 32.2. The van der Waals surface area contributed by atoms with Crippen molar-refractivity contribution in [1.29, 1.82) is 0 Å². The molecule has 1 amide bonds. The number of aromatic amines is 1. The summed E-state index contributed by atoms with van der Waals surface area (Å²) >= 11 is 1.54. The van der Waals surface area contributed by atoms with Gasteiger partial charge in [-0.05, 0) is 48.4 Å². The maximum Gasteiger partial charge on any atom is 0.251 e. The molecule has 4 nitrogen and oxygen atoms in total. The van der Waals surface area contributed by atoms with Crippen LogP contribution < -0.4 is 5.32 Å². The zero-order valence-electron chi connectivity index (χ0n) is 15.9. The number of hydrogen-bond donors (Lipinski definition) is 2.